The number of para-hydroxylation sites is 1. The predicted molar refractivity (Wildman–Crippen MR) is 98.7 cm³/mol. The quantitative estimate of drug-likeness (QED) is 0.597. The Balaban J connectivity index is 2.13. The molecule has 0 radical (unpaired) electrons. The summed E-state index contributed by atoms with van der Waals surface area (Å²) in [6.07, 6.45) is -0.268. The van der Waals surface area contributed by atoms with Crippen LogP contribution in [0.3, 0.4) is 0 Å². The predicted octanol–water partition coefficient (Wildman–Crippen LogP) is 0.870. The van der Waals surface area contributed by atoms with Gasteiger partial charge in [0.05, 0.1) is 17.3 Å². The maximum absolute atomic E-state index is 12.9. The number of nitrogens with one attached hydrogen (secondary N) is 2. The van der Waals surface area contributed by atoms with Gasteiger partial charge in [0.15, 0.2) is 0 Å². The minimum absolute atomic E-state index is 0.113. The highest BCUT2D eigenvalue weighted by molar-refractivity contribution is 5.85. The average molecular weight is 367 g/mol. The van der Waals surface area contributed by atoms with Crippen LogP contribution in [0.2, 0.25) is 0 Å². The van der Waals surface area contributed by atoms with Crippen molar-refractivity contribution in [1.29, 1.82) is 0 Å². The van der Waals surface area contributed by atoms with E-state index in [9.17, 15) is 19.2 Å². The van der Waals surface area contributed by atoms with Gasteiger partial charge < -0.3 is 15.4 Å². The lowest BCUT2D eigenvalue weighted by Gasteiger charge is -2.19. The van der Waals surface area contributed by atoms with Gasteiger partial charge in [0.1, 0.15) is 6.04 Å². The minimum atomic E-state index is -1.22. The molecular formula is C19H17N3O5. The number of carbonyl (C=O) groups is 2. The van der Waals surface area contributed by atoms with E-state index in [4.69, 9.17) is 5.11 Å². The third-order valence-electron chi connectivity index (χ3n) is 4.10. The van der Waals surface area contributed by atoms with Gasteiger partial charge in [-0.2, -0.15) is 0 Å². The van der Waals surface area contributed by atoms with Crippen LogP contribution < -0.4 is 16.6 Å². The van der Waals surface area contributed by atoms with Crippen LogP contribution >= 0.6 is 0 Å². The molecule has 0 aliphatic heterocycles. The Morgan fingerprint density at radius 1 is 1.04 bits per heavy atom. The molecule has 138 valence electrons. The summed E-state index contributed by atoms with van der Waals surface area (Å²) in [4.78, 5) is 51.6. The molecule has 1 aromatic heterocycles. The van der Waals surface area contributed by atoms with Crippen LogP contribution in [-0.4, -0.2) is 33.1 Å². The third kappa shape index (κ3) is 3.79. The number of H-pyrrole nitrogens is 1. The van der Waals surface area contributed by atoms with Crippen LogP contribution in [0.4, 0.5) is 0 Å². The van der Waals surface area contributed by atoms with Gasteiger partial charge in [0.25, 0.3) is 5.56 Å². The van der Waals surface area contributed by atoms with E-state index in [0.29, 0.717) is 11.1 Å². The number of hydrogen-bond acceptors (Lipinski definition) is 4. The Kier molecular flexibility index (Phi) is 5.16. The highest BCUT2D eigenvalue weighted by atomic mass is 16.4. The number of amides is 1. The topological polar surface area (TPSA) is 121 Å². The van der Waals surface area contributed by atoms with Crippen LogP contribution in [0.25, 0.3) is 10.9 Å². The highest BCUT2D eigenvalue weighted by Crippen LogP contribution is 2.16. The largest absolute Gasteiger partial charge is 0.481 e. The van der Waals surface area contributed by atoms with E-state index in [0.717, 1.165) is 4.57 Å². The number of hydrogen-bond donors (Lipinski definition) is 3. The number of rotatable bonds is 6. The number of carboxylic acid groups (broad SMARTS) is 1. The third-order valence-corrected chi connectivity index (χ3v) is 4.10. The van der Waals surface area contributed by atoms with Gasteiger partial charge in [-0.3, -0.25) is 14.4 Å². The summed E-state index contributed by atoms with van der Waals surface area (Å²) in [6, 6.07) is 13.7. The molecule has 0 aliphatic carbocycles. The molecule has 0 fully saturated rings. The normalized spacial score (nSPS) is 11.9. The SMILES string of the molecule is O=C(O)CCNC(=O)C(c1ccccc1)n1c(=O)[nH]c2ccccc2c1=O. The van der Waals surface area contributed by atoms with Gasteiger partial charge in [-0.05, 0) is 17.7 Å². The highest BCUT2D eigenvalue weighted by Gasteiger charge is 2.26. The first-order chi connectivity index (χ1) is 13.0. The van der Waals surface area contributed by atoms with Crippen molar-refractivity contribution in [1.82, 2.24) is 14.9 Å². The van der Waals surface area contributed by atoms with Crippen molar-refractivity contribution in [3.05, 3.63) is 81.0 Å². The first-order valence-electron chi connectivity index (χ1n) is 8.27. The van der Waals surface area contributed by atoms with Gasteiger partial charge in [0, 0.05) is 6.54 Å². The number of aliphatic carboxylic acids is 1. The number of carbonyl (C=O) groups excluding carboxylic acids is 1. The van der Waals surface area contributed by atoms with Gasteiger partial charge in [-0.1, -0.05) is 42.5 Å². The Morgan fingerprint density at radius 2 is 1.70 bits per heavy atom. The van der Waals surface area contributed by atoms with E-state index in [1.165, 1.54) is 0 Å². The molecule has 1 unspecified atom stereocenters. The van der Waals surface area contributed by atoms with Crippen LogP contribution in [0, 0.1) is 0 Å². The van der Waals surface area contributed by atoms with E-state index in [2.05, 4.69) is 10.3 Å². The van der Waals surface area contributed by atoms with Gasteiger partial charge >= 0.3 is 11.7 Å². The number of carboxylic acids is 1. The van der Waals surface area contributed by atoms with E-state index < -0.39 is 29.2 Å². The van der Waals surface area contributed by atoms with Crippen molar-refractivity contribution in [2.24, 2.45) is 0 Å². The van der Waals surface area contributed by atoms with Gasteiger partial charge in [-0.25, -0.2) is 9.36 Å². The number of aromatic amines is 1. The molecule has 0 saturated heterocycles. The van der Waals surface area contributed by atoms with Crippen molar-refractivity contribution < 1.29 is 14.7 Å². The molecule has 8 heteroatoms. The van der Waals surface area contributed by atoms with Crippen molar-refractivity contribution in [3.63, 3.8) is 0 Å². The lowest BCUT2D eigenvalue weighted by Crippen LogP contribution is -2.45. The fourth-order valence-corrected chi connectivity index (χ4v) is 2.85. The van der Waals surface area contributed by atoms with Crippen LogP contribution in [0.1, 0.15) is 18.0 Å². The molecule has 3 aromatic rings. The summed E-state index contributed by atoms with van der Waals surface area (Å²) >= 11 is 0. The fraction of sp³-hybridized carbons (Fsp3) is 0.158. The molecule has 0 bridgehead atoms. The van der Waals surface area contributed by atoms with Crippen LogP contribution in [-0.2, 0) is 9.59 Å². The van der Waals surface area contributed by atoms with Crippen molar-refractivity contribution in [2.45, 2.75) is 12.5 Å². The zero-order valence-corrected chi connectivity index (χ0v) is 14.2. The zero-order valence-electron chi connectivity index (χ0n) is 14.2. The molecule has 2 aromatic carbocycles. The Hall–Kier alpha value is -3.68. The molecule has 3 N–H and O–H groups in total. The lowest BCUT2D eigenvalue weighted by molar-refractivity contribution is -0.137. The van der Waals surface area contributed by atoms with Crippen molar-refractivity contribution >= 4 is 22.8 Å². The molecule has 1 heterocycles. The minimum Gasteiger partial charge on any atom is -0.481 e. The maximum atomic E-state index is 12.9. The summed E-state index contributed by atoms with van der Waals surface area (Å²) in [5, 5.41) is 11.5. The molecule has 1 amide bonds. The zero-order chi connectivity index (χ0) is 19.4. The number of aromatic nitrogens is 2. The first kappa shape index (κ1) is 18.1. The smallest absolute Gasteiger partial charge is 0.329 e. The molecule has 27 heavy (non-hydrogen) atoms. The Bertz CT molecular complexity index is 1100. The fourth-order valence-electron chi connectivity index (χ4n) is 2.85. The second kappa shape index (κ2) is 7.69. The maximum Gasteiger partial charge on any atom is 0.329 e. The number of benzene rings is 2. The number of nitrogens with zero attached hydrogens (tertiary/aromatic N) is 1. The molecular weight excluding hydrogens is 350 g/mol. The average Bonchev–Trinajstić information content (AvgIpc) is 2.65. The summed E-state index contributed by atoms with van der Waals surface area (Å²) < 4.78 is 0.855. The van der Waals surface area contributed by atoms with Crippen LogP contribution in [0.15, 0.2) is 64.2 Å². The first-order valence-corrected chi connectivity index (χ1v) is 8.27. The van der Waals surface area contributed by atoms with E-state index in [-0.39, 0.29) is 18.4 Å². The monoisotopic (exact) mass is 367 g/mol. The summed E-state index contributed by atoms with van der Waals surface area (Å²) in [6.45, 7) is -0.113. The van der Waals surface area contributed by atoms with Gasteiger partial charge in [-0.15, -0.1) is 0 Å². The van der Waals surface area contributed by atoms with Crippen molar-refractivity contribution in [2.75, 3.05) is 6.54 Å². The van der Waals surface area contributed by atoms with E-state index in [1.54, 1.807) is 54.6 Å². The second-order valence-electron chi connectivity index (χ2n) is 5.90. The molecule has 3 rings (SSSR count). The molecule has 0 spiro atoms. The Labute approximate surface area is 153 Å². The molecule has 0 saturated carbocycles. The lowest BCUT2D eigenvalue weighted by atomic mass is 10.1. The summed E-state index contributed by atoms with van der Waals surface area (Å²) in [5.41, 5.74) is -0.507. The molecule has 8 nitrogen and oxygen atoms in total. The summed E-state index contributed by atoms with van der Waals surface area (Å²) in [7, 11) is 0. The number of fused-ring (bicyclic) bond motifs is 1. The van der Waals surface area contributed by atoms with Crippen LogP contribution in [0.5, 0.6) is 0 Å². The Morgan fingerprint density at radius 3 is 2.41 bits per heavy atom. The van der Waals surface area contributed by atoms with Crippen molar-refractivity contribution in [3.8, 4) is 0 Å². The second-order valence-corrected chi connectivity index (χ2v) is 5.90. The molecule has 0 aliphatic rings. The van der Waals surface area contributed by atoms with E-state index in [1.807, 2.05) is 0 Å². The van der Waals surface area contributed by atoms with Gasteiger partial charge in [0.2, 0.25) is 5.91 Å². The standard InChI is InChI=1S/C19H17N3O5/c23-15(24)10-11-20-17(25)16(12-6-2-1-3-7-12)22-18(26)13-8-4-5-9-14(13)21-19(22)27/h1-9,16H,10-11H2,(H,20,25)(H,21,27)(H,23,24). The van der Waals surface area contributed by atoms with E-state index >= 15 is 0 Å². The summed E-state index contributed by atoms with van der Waals surface area (Å²) in [5.74, 6) is -1.70. The molecule has 1 atom stereocenters.